The van der Waals surface area contributed by atoms with Gasteiger partial charge in [-0.15, -0.1) is 0 Å². The molecule has 1 atom stereocenters. The number of likely N-dealkylation sites (tertiary alicyclic amines) is 1. The van der Waals surface area contributed by atoms with Gasteiger partial charge in [0.05, 0.1) is 12.8 Å². The summed E-state index contributed by atoms with van der Waals surface area (Å²) in [5.74, 6) is 0.504. The largest absolute Gasteiger partial charge is 0.495 e. The van der Waals surface area contributed by atoms with Crippen LogP contribution in [0.4, 0.5) is 11.4 Å². The molecule has 1 heterocycles. The summed E-state index contributed by atoms with van der Waals surface area (Å²) in [6.07, 6.45) is 2.07. The molecular weight excluding hydrogens is 342 g/mol. The van der Waals surface area contributed by atoms with Gasteiger partial charge in [-0.3, -0.25) is 9.59 Å². The highest BCUT2D eigenvalue weighted by molar-refractivity contribution is 5.91. The fourth-order valence-corrected chi connectivity index (χ4v) is 3.31. The van der Waals surface area contributed by atoms with E-state index in [2.05, 4.69) is 10.6 Å². The lowest BCUT2D eigenvalue weighted by Gasteiger charge is -2.26. The van der Waals surface area contributed by atoms with Crippen molar-refractivity contribution in [2.75, 3.05) is 30.8 Å². The van der Waals surface area contributed by atoms with Crippen LogP contribution in [0.3, 0.4) is 0 Å². The molecule has 6 nitrogen and oxygen atoms in total. The molecule has 6 heteroatoms. The van der Waals surface area contributed by atoms with Gasteiger partial charge in [0.15, 0.2) is 0 Å². The van der Waals surface area contributed by atoms with Crippen molar-refractivity contribution in [2.24, 2.45) is 0 Å². The third-order valence-electron chi connectivity index (χ3n) is 4.62. The number of hydrogen-bond acceptors (Lipinski definition) is 4. The summed E-state index contributed by atoms with van der Waals surface area (Å²) in [6.45, 7) is 3.03. The van der Waals surface area contributed by atoms with E-state index < -0.39 is 6.04 Å². The number of carbonyl (C=O) groups excluding carboxylic acids is 2. The Morgan fingerprint density at radius 3 is 2.41 bits per heavy atom. The zero-order chi connectivity index (χ0) is 19.2. The summed E-state index contributed by atoms with van der Waals surface area (Å²) in [5.41, 5.74) is 2.19. The number of nitrogens with one attached hydrogen (secondary N) is 2. The maximum atomic E-state index is 13.2. The van der Waals surface area contributed by atoms with Crippen molar-refractivity contribution in [3.8, 4) is 5.75 Å². The second-order valence-corrected chi connectivity index (χ2v) is 6.62. The van der Waals surface area contributed by atoms with E-state index in [9.17, 15) is 9.59 Å². The highest BCUT2D eigenvalue weighted by atomic mass is 16.5. The topological polar surface area (TPSA) is 70.7 Å². The van der Waals surface area contributed by atoms with Gasteiger partial charge >= 0.3 is 0 Å². The van der Waals surface area contributed by atoms with Crippen LogP contribution in [0, 0.1) is 0 Å². The maximum absolute atomic E-state index is 13.2. The van der Waals surface area contributed by atoms with Crippen LogP contribution in [0.25, 0.3) is 0 Å². The van der Waals surface area contributed by atoms with Crippen molar-refractivity contribution < 1.29 is 14.3 Å². The quantitative estimate of drug-likeness (QED) is 0.821. The van der Waals surface area contributed by atoms with Crippen molar-refractivity contribution in [2.45, 2.75) is 25.8 Å². The fraction of sp³-hybridized carbons (Fsp3) is 0.333. The number of nitrogens with zero attached hydrogens (tertiary/aromatic N) is 1. The Balaban J connectivity index is 1.93. The molecule has 2 aromatic carbocycles. The molecule has 27 heavy (non-hydrogen) atoms. The van der Waals surface area contributed by atoms with Gasteiger partial charge in [-0.1, -0.05) is 30.3 Å². The maximum Gasteiger partial charge on any atom is 0.249 e. The van der Waals surface area contributed by atoms with Gasteiger partial charge in [-0.25, -0.2) is 0 Å². The molecule has 1 saturated heterocycles. The van der Waals surface area contributed by atoms with Crippen LogP contribution in [0.15, 0.2) is 48.5 Å². The molecule has 3 rings (SSSR count). The van der Waals surface area contributed by atoms with Crippen molar-refractivity contribution in [3.05, 3.63) is 54.1 Å². The number of hydrogen-bond donors (Lipinski definition) is 2. The first-order chi connectivity index (χ1) is 13.1. The first-order valence-electron chi connectivity index (χ1n) is 9.14. The summed E-state index contributed by atoms with van der Waals surface area (Å²) < 4.78 is 5.45. The molecule has 1 aliphatic rings. The van der Waals surface area contributed by atoms with Crippen LogP contribution in [0.1, 0.15) is 31.4 Å². The minimum atomic E-state index is -0.522. The van der Waals surface area contributed by atoms with E-state index in [-0.39, 0.29) is 11.8 Å². The van der Waals surface area contributed by atoms with Gasteiger partial charge in [0.25, 0.3) is 0 Å². The number of methoxy groups -OCH3 is 1. The third kappa shape index (κ3) is 4.58. The number of amides is 2. The Kier molecular flexibility index (Phi) is 5.96. The third-order valence-corrected chi connectivity index (χ3v) is 4.62. The molecule has 0 radical (unpaired) electrons. The Morgan fingerprint density at radius 1 is 1.07 bits per heavy atom. The molecule has 2 aromatic rings. The van der Waals surface area contributed by atoms with Crippen LogP contribution >= 0.6 is 0 Å². The van der Waals surface area contributed by atoms with Crippen molar-refractivity contribution in [3.63, 3.8) is 0 Å². The van der Waals surface area contributed by atoms with Gasteiger partial charge in [0, 0.05) is 25.7 Å². The van der Waals surface area contributed by atoms with Gasteiger partial charge in [-0.2, -0.15) is 0 Å². The van der Waals surface area contributed by atoms with E-state index >= 15 is 0 Å². The summed E-state index contributed by atoms with van der Waals surface area (Å²) in [5, 5.41) is 6.10. The number of anilines is 2. The van der Waals surface area contributed by atoms with Crippen molar-refractivity contribution in [1.82, 2.24) is 4.90 Å². The fourth-order valence-electron chi connectivity index (χ4n) is 3.31. The molecule has 0 aliphatic carbocycles. The lowest BCUT2D eigenvalue weighted by Crippen LogP contribution is -2.36. The molecule has 0 bridgehead atoms. The Hall–Kier alpha value is -3.02. The van der Waals surface area contributed by atoms with E-state index in [0.29, 0.717) is 17.1 Å². The van der Waals surface area contributed by atoms with Gasteiger partial charge in [0.2, 0.25) is 11.8 Å². The first kappa shape index (κ1) is 18.8. The number of ether oxygens (including phenoxy) is 1. The van der Waals surface area contributed by atoms with E-state index in [1.165, 1.54) is 6.92 Å². The molecule has 1 aliphatic heterocycles. The van der Waals surface area contributed by atoms with Crippen molar-refractivity contribution >= 4 is 23.2 Å². The number of benzene rings is 2. The standard InChI is InChI=1S/C21H25N3O3/c1-15(25)22-17-10-11-19(27-2)18(14-17)23-20(16-8-4-3-5-9-16)21(26)24-12-6-7-13-24/h3-5,8-11,14,20,23H,6-7,12-13H2,1-2H3,(H,22,25)/t20-/m1/s1. The van der Waals surface area contributed by atoms with Crippen LogP contribution < -0.4 is 15.4 Å². The Labute approximate surface area is 159 Å². The SMILES string of the molecule is COc1ccc(NC(C)=O)cc1N[C@@H](C(=O)N1CCCC1)c1ccccc1. The second kappa shape index (κ2) is 8.58. The van der Waals surface area contributed by atoms with E-state index in [1.807, 2.05) is 35.2 Å². The van der Waals surface area contributed by atoms with Crippen LogP contribution in [-0.4, -0.2) is 36.9 Å². The normalized spacial score (nSPS) is 14.5. The summed E-state index contributed by atoms with van der Waals surface area (Å²) in [7, 11) is 1.58. The monoisotopic (exact) mass is 367 g/mol. The van der Waals surface area contributed by atoms with Gasteiger partial charge < -0.3 is 20.3 Å². The first-order valence-corrected chi connectivity index (χ1v) is 9.14. The summed E-state index contributed by atoms with van der Waals surface area (Å²) >= 11 is 0. The van der Waals surface area contributed by atoms with Crippen LogP contribution in [-0.2, 0) is 9.59 Å². The molecule has 0 spiro atoms. The average molecular weight is 367 g/mol. The lowest BCUT2D eigenvalue weighted by molar-refractivity contribution is -0.131. The van der Waals surface area contributed by atoms with E-state index in [4.69, 9.17) is 4.74 Å². The molecule has 142 valence electrons. The lowest BCUT2D eigenvalue weighted by atomic mass is 10.0. The molecule has 2 amide bonds. The van der Waals surface area contributed by atoms with Gasteiger partial charge in [-0.05, 0) is 36.6 Å². The number of carbonyl (C=O) groups is 2. The molecule has 2 N–H and O–H groups in total. The second-order valence-electron chi connectivity index (χ2n) is 6.62. The predicted octanol–water partition coefficient (Wildman–Crippen LogP) is 3.43. The minimum Gasteiger partial charge on any atom is -0.495 e. The van der Waals surface area contributed by atoms with Crippen LogP contribution in [0.5, 0.6) is 5.75 Å². The molecular formula is C21H25N3O3. The van der Waals surface area contributed by atoms with Gasteiger partial charge in [0.1, 0.15) is 11.8 Å². The average Bonchev–Trinajstić information content (AvgIpc) is 3.21. The minimum absolute atomic E-state index is 0.0469. The highest BCUT2D eigenvalue weighted by Crippen LogP contribution is 2.32. The van der Waals surface area contributed by atoms with Crippen molar-refractivity contribution in [1.29, 1.82) is 0 Å². The molecule has 0 saturated carbocycles. The Morgan fingerprint density at radius 2 is 1.78 bits per heavy atom. The zero-order valence-corrected chi connectivity index (χ0v) is 15.7. The summed E-state index contributed by atoms with van der Waals surface area (Å²) in [4.78, 5) is 26.4. The summed E-state index contributed by atoms with van der Waals surface area (Å²) in [6, 6.07) is 14.5. The van der Waals surface area contributed by atoms with Crippen LogP contribution in [0.2, 0.25) is 0 Å². The zero-order valence-electron chi connectivity index (χ0n) is 15.7. The smallest absolute Gasteiger partial charge is 0.249 e. The molecule has 1 fully saturated rings. The number of rotatable bonds is 6. The van der Waals surface area contributed by atoms with E-state index in [0.717, 1.165) is 31.5 Å². The molecule has 0 aromatic heterocycles. The predicted molar refractivity (Wildman–Crippen MR) is 106 cm³/mol. The molecule has 0 unspecified atom stereocenters. The highest BCUT2D eigenvalue weighted by Gasteiger charge is 2.28. The Bertz CT molecular complexity index is 802. The van der Waals surface area contributed by atoms with E-state index in [1.54, 1.807) is 25.3 Å².